The number of esters is 1. The second-order valence-electron chi connectivity index (χ2n) is 4.53. The number of aromatic carboxylic acids is 1. The maximum atomic E-state index is 11.6. The number of methoxy groups -OCH3 is 1. The Hall–Kier alpha value is -1.88. The van der Waals surface area contributed by atoms with E-state index in [0.29, 0.717) is 13.2 Å². The van der Waals surface area contributed by atoms with Crippen LogP contribution in [-0.2, 0) is 9.47 Å². The third-order valence-electron chi connectivity index (χ3n) is 3.32. The zero-order valence-corrected chi connectivity index (χ0v) is 10.7. The van der Waals surface area contributed by atoms with Crippen LogP contribution in [0.2, 0.25) is 0 Å². The average molecular weight is 264 g/mol. The molecule has 1 N–H and O–H groups in total. The normalized spacial score (nSPS) is 16.1. The van der Waals surface area contributed by atoms with Crippen LogP contribution in [0.15, 0.2) is 18.2 Å². The average Bonchev–Trinajstić information content (AvgIpc) is 2.46. The Kier molecular flexibility index (Phi) is 4.16. The number of carboxylic acid groups (broad SMARTS) is 1. The van der Waals surface area contributed by atoms with Crippen molar-refractivity contribution in [2.45, 2.75) is 18.8 Å². The molecule has 0 saturated carbocycles. The summed E-state index contributed by atoms with van der Waals surface area (Å²) in [6.07, 6.45) is 1.67. The molecule has 0 atom stereocenters. The minimum Gasteiger partial charge on any atom is -0.478 e. The zero-order chi connectivity index (χ0) is 13.8. The maximum Gasteiger partial charge on any atom is 0.337 e. The Labute approximate surface area is 111 Å². The van der Waals surface area contributed by atoms with Gasteiger partial charge in [0, 0.05) is 13.2 Å². The van der Waals surface area contributed by atoms with Gasteiger partial charge in [-0.15, -0.1) is 0 Å². The lowest BCUT2D eigenvalue weighted by molar-refractivity contribution is 0.0600. The van der Waals surface area contributed by atoms with Gasteiger partial charge in [0.25, 0.3) is 0 Å². The second kappa shape index (κ2) is 5.84. The van der Waals surface area contributed by atoms with E-state index in [-0.39, 0.29) is 17.0 Å². The summed E-state index contributed by atoms with van der Waals surface area (Å²) in [6, 6.07) is 4.69. The number of benzene rings is 1. The molecule has 1 aromatic rings. The smallest absolute Gasteiger partial charge is 0.337 e. The molecule has 1 aliphatic heterocycles. The van der Waals surface area contributed by atoms with E-state index in [0.717, 1.165) is 18.4 Å². The van der Waals surface area contributed by atoms with Gasteiger partial charge in [0.05, 0.1) is 18.2 Å². The van der Waals surface area contributed by atoms with Crippen molar-refractivity contribution in [3.05, 3.63) is 34.9 Å². The summed E-state index contributed by atoms with van der Waals surface area (Å²) in [6.45, 7) is 1.32. The van der Waals surface area contributed by atoms with E-state index in [1.165, 1.54) is 13.2 Å². The van der Waals surface area contributed by atoms with Gasteiger partial charge in [-0.2, -0.15) is 0 Å². The molecule has 0 spiro atoms. The first-order valence-corrected chi connectivity index (χ1v) is 6.16. The molecule has 1 aliphatic rings. The highest BCUT2D eigenvalue weighted by Gasteiger charge is 2.20. The standard InChI is InChI=1S/C14H16O5/c1-18-14(17)12-7-10(6-11(8-12)13(15)16)9-2-4-19-5-3-9/h6-9H,2-5H2,1H3,(H,15,16). The summed E-state index contributed by atoms with van der Waals surface area (Å²) in [5.74, 6) is -1.33. The van der Waals surface area contributed by atoms with E-state index in [4.69, 9.17) is 9.84 Å². The van der Waals surface area contributed by atoms with Crippen molar-refractivity contribution in [1.82, 2.24) is 0 Å². The Morgan fingerprint density at radius 2 is 1.84 bits per heavy atom. The van der Waals surface area contributed by atoms with Crippen LogP contribution in [0.3, 0.4) is 0 Å². The summed E-state index contributed by atoms with van der Waals surface area (Å²) >= 11 is 0. The quantitative estimate of drug-likeness (QED) is 0.846. The van der Waals surface area contributed by atoms with Crippen molar-refractivity contribution in [3.8, 4) is 0 Å². The molecule has 0 radical (unpaired) electrons. The van der Waals surface area contributed by atoms with Gasteiger partial charge in [0.2, 0.25) is 0 Å². The van der Waals surface area contributed by atoms with Gasteiger partial charge < -0.3 is 14.6 Å². The van der Waals surface area contributed by atoms with Gasteiger partial charge in [-0.05, 0) is 42.5 Å². The summed E-state index contributed by atoms with van der Waals surface area (Å²) in [5, 5.41) is 9.11. The van der Waals surface area contributed by atoms with Crippen LogP contribution in [0.25, 0.3) is 0 Å². The largest absolute Gasteiger partial charge is 0.478 e. The van der Waals surface area contributed by atoms with Gasteiger partial charge in [-0.3, -0.25) is 0 Å². The number of carboxylic acids is 1. The first kappa shape index (κ1) is 13.5. The lowest BCUT2D eigenvalue weighted by Crippen LogP contribution is -2.15. The summed E-state index contributed by atoms with van der Waals surface area (Å²) < 4.78 is 9.95. The number of carbonyl (C=O) groups is 2. The molecule has 1 saturated heterocycles. The third-order valence-corrected chi connectivity index (χ3v) is 3.32. The molecular formula is C14H16O5. The lowest BCUT2D eigenvalue weighted by Gasteiger charge is -2.23. The van der Waals surface area contributed by atoms with Crippen molar-refractivity contribution in [1.29, 1.82) is 0 Å². The minimum atomic E-state index is -1.04. The van der Waals surface area contributed by atoms with Crippen LogP contribution in [0.1, 0.15) is 45.0 Å². The van der Waals surface area contributed by atoms with Crippen LogP contribution in [0.5, 0.6) is 0 Å². The van der Waals surface area contributed by atoms with Crippen molar-refractivity contribution in [2.75, 3.05) is 20.3 Å². The van der Waals surface area contributed by atoms with E-state index in [9.17, 15) is 9.59 Å². The summed E-state index contributed by atoms with van der Waals surface area (Å²) in [7, 11) is 1.28. The topological polar surface area (TPSA) is 72.8 Å². The molecule has 0 bridgehead atoms. The van der Waals surface area contributed by atoms with E-state index < -0.39 is 11.9 Å². The number of rotatable bonds is 3. The highest BCUT2D eigenvalue weighted by Crippen LogP contribution is 2.28. The maximum absolute atomic E-state index is 11.6. The fourth-order valence-electron chi connectivity index (χ4n) is 2.28. The predicted octanol–water partition coefficient (Wildman–Crippen LogP) is 2.07. The summed E-state index contributed by atoms with van der Waals surface area (Å²) in [4.78, 5) is 22.7. The Morgan fingerprint density at radius 3 is 2.42 bits per heavy atom. The molecule has 5 nitrogen and oxygen atoms in total. The third kappa shape index (κ3) is 3.12. The molecule has 0 amide bonds. The highest BCUT2D eigenvalue weighted by molar-refractivity contribution is 5.95. The van der Waals surface area contributed by atoms with Crippen LogP contribution < -0.4 is 0 Å². The molecule has 5 heteroatoms. The predicted molar refractivity (Wildman–Crippen MR) is 67.5 cm³/mol. The second-order valence-corrected chi connectivity index (χ2v) is 4.53. The summed E-state index contributed by atoms with van der Waals surface area (Å²) in [5.41, 5.74) is 1.26. The lowest BCUT2D eigenvalue weighted by atomic mass is 9.89. The molecule has 1 heterocycles. The highest BCUT2D eigenvalue weighted by atomic mass is 16.5. The first-order chi connectivity index (χ1) is 9.11. The van der Waals surface area contributed by atoms with Gasteiger partial charge >= 0.3 is 11.9 Å². The Morgan fingerprint density at radius 1 is 1.21 bits per heavy atom. The monoisotopic (exact) mass is 264 g/mol. The number of hydrogen-bond acceptors (Lipinski definition) is 4. The molecule has 0 aliphatic carbocycles. The molecule has 0 unspecified atom stereocenters. The number of ether oxygens (including phenoxy) is 2. The Balaban J connectivity index is 2.38. The van der Waals surface area contributed by atoms with E-state index in [1.807, 2.05) is 0 Å². The molecule has 102 valence electrons. The number of hydrogen-bond donors (Lipinski definition) is 1. The molecule has 1 fully saturated rings. The SMILES string of the molecule is COC(=O)c1cc(C(=O)O)cc(C2CCOCC2)c1. The van der Waals surface area contributed by atoms with E-state index in [2.05, 4.69) is 4.74 Å². The Bertz CT molecular complexity index is 489. The fraction of sp³-hybridized carbons (Fsp3) is 0.429. The first-order valence-electron chi connectivity index (χ1n) is 6.16. The van der Waals surface area contributed by atoms with Crippen molar-refractivity contribution in [2.24, 2.45) is 0 Å². The van der Waals surface area contributed by atoms with Gasteiger partial charge in [-0.1, -0.05) is 0 Å². The van der Waals surface area contributed by atoms with Gasteiger partial charge in [-0.25, -0.2) is 9.59 Å². The fourth-order valence-corrected chi connectivity index (χ4v) is 2.28. The van der Waals surface area contributed by atoms with E-state index in [1.54, 1.807) is 12.1 Å². The molecule has 1 aromatic carbocycles. The van der Waals surface area contributed by atoms with E-state index >= 15 is 0 Å². The molecule has 0 aromatic heterocycles. The minimum absolute atomic E-state index is 0.115. The van der Waals surface area contributed by atoms with Crippen molar-refractivity contribution >= 4 is 11.9 Å². The molecular weight excluding hydrogens is 248 g/mol. The van der Waals surface area contributed by atoms with Crippen LogP contribution in [0, 0.1) is 0 Å². The van der Waals surface area contributed by atoms with Gasteiger partial charge in [0.1, 0.15) is 0 Å². The van der Waals surface area contributed by atoms with Crippen molar-refractivity contribution in [3.63, 3.8) is 0 Å². The van der Waals surface area contributed by atoms with Crippen molar-refractivity contribution < 1.29 is 24.2 Å². The van der Waals surface area contributed by atoms with Gasteiger partial charge in [0.15, 0.2) is 0 Å². The van der Waals surface area contributed by atoms with Crippen LogP contribution in [-0.4, -0.2) is 37.4 Å². The van der Waals surface area contributed by atoms with Crippen LogP contribution in [0.4, 0.5) is 0 Å². The van der Waals surface area contributed by atoms with Crippen LogP contribution >= 0.6 is 0 Å². The zero-order valence-electron chi connectivity index (χ0n) is 10.7. The molecule has 2 rings (SSSR count). The molecule has 19 heavy (non-hydrogen) atoms. The number of carbonyl (C=O) groups excluding carboxylic acids is 1.